The van der Waals surface area contributed by atoms with E-state index in [2.05, 4.69) is 204 Å². The Balaban J connectivity index is 1.36. The first-order valence-corrected chi connectivity index (χ1v) is 23.6. The standard InChI is InChI=1S/C59H39N5S2/c1-59(2,64-46-23-5-3-21-42(46)43-22-4-6-24-47(43)64)56-57(62-48-25-7-11-29-52(48)65-53-30-12-8-26-49(53)62)44(40-19-15-17-38(33-40)36-60)35-45(41-20-16-18-39(34-41)37-61)58(56)63-50-27-9-13-31-54(50)66-55-32-14-10-28-51(55)63/h3-35H,1-2H3. The summed E-state index contributed by atoms with van der Waals surface area (Å²) in [4.78, 5) is 9.54. The number of aromatic nitrogens is 1. The molecule has 0 unspecified atom stereocenters. The van der Waals surface area contributed by atoms with Gasteiger partial charge in [-0.2, -0.15) is 10.5 Å². The van der Waals surface area contributed by atoms with Gasteiger partial charge in [0, 0.05) is 58.1 Å². The fourth-order valence-corrected chi connectivity index (χ4v) is 12.3. The molecule has 0 spiro atoms. The second-order valence-electron chi connectivity index (χ2n) is 17.1. The molecule has 2 aliphatic rings. The molecular formula is C59H39N5S2. The zero-order valence-corrected chi connectivity index (χ0v) is 37.7. The molecule has 0 fully saturated rings. The van der Waals surface area contributed by atoms with Crippen molar-refractivity contribution in [3.63, 3.8) is 0 Å². The number of hydrogen-bond donors (Lipinski definition) is 0. The smallest absolute Gasteiger partial charge is 0.0991 e. The predicted octanol–water partition coefficient (Wildman–Crippen LogP) is 16.5. The van der Waals surface area contributed by atoms with Gasteiger partial charge in [0.1, 0.15) is 0 Å². The maximum Gasteiger partial charge on any atom is 0.0991 e. The molecule has 0 amide bonds. The van der Waals surface area contributed by atoms with E-state index in [9.17, 15) is 10.5 Å². The van der Waals surface area contributed by atoms with E-state index in [1.54, 1.807) is 23.5 Å². The third kappa shape index (κ3) is 6.16. The molecule has 3 heterocycles. The molecule has 9 aromatic carbocycles. The van der Waals surface area contributed by atoms with Crippen LogP contribution in [0.15, 0.2) is 220 Å². The Labute approximate surface area is 392 Å². The second-order valence-corrected chi connectivity index (χ2v) is 19.3. The summed E-state index contributed by atoms with van der Waals surface area (Å²) >= 11 is 3.58. The van der Waals surface area contributed by atoms with Crippen molar-refractivity contribution >= 4 is 79.5 Å². The molecule has 5 nitrogen and oxygen atoms in total. The van der Waals surface area contributed by atoms with E-state index in [1.807, 2.05) is 36.4 Å². The second kappa shape index (κ2) is 15.6. The highest BCUT2D eigenvalue weighted by Crippen LogP contribution is 2.62. The average Bonchev–Trinajstić information content (AvgIpc) is 3.72. The first kappa shape index (κ1) is 39.6. The number of benzene rings is 9. The van der Waals surface area contributed by atoms with Crippen LogP contribution in [0, 0.1) is 22.7 Å². The monoisotopic (exact) mass is 881 g/mol. The van der Waals surface area contributed by atoms with E-state index in [0.29, 0.717) is 11.1 Å². The highest BCUT2D eigenvalue weighted by atomic mass is 32.2. The van der Waals surface area contributed by atoms with Crippen LogP contribution in [0.1, 0.15) is 30.5 Å². The number of nitriles is 2. The Kier molecular flexibility index (Phi) is 9.40. The molecular weight excluding hydrogens is 843 g/mol. The normalized spacial score (nSPS) is 12.8. The molecule has 66 heavy (non-hydrogen) atoms. The van der Waals surface area contributed by atoms with Gasteiger partial charge in [0.05, 0.1) is 62.9 Å². The lowest BCUT2D eigenvalue weighted by Gasteiger charge is -2.44. The molecule has 0 aliphatic carbocycles. The Hall–Kier alpha value is -7.94. The topological polar surface area (TPSA) is 59.0 Å². The van der Waals surface area contributed by atoms with Crippen LogP contribution in [0.4, 0.5) is 34.1 Å². The van der Waals surface area contributed by atoms with Crippen LogP contribution in [0.25, 0.3) is 44.1 Å². The van der Waals surface area contributed by atoms with Gasteiger partial charge in [-0.1, -0.05) is 133 Å². The summed E-state index contributed by atoms with van der Waals surface area (Å²) in [6.45, 7) is 4.73. The lowest BCUT2D eigenvalue weighted by Crippen LogP contribution is -2.33. The lowest BCUT2D eigenvalue weighted by atomic mass is 9.81. The van der Waals surface area contributed by atoms with Gasteiger partial charge in [-0.15, -0.1) is 0 Å². The van der Waals surface area contributed by atoms with Crippen molar-refractivity contribution in [3.8, 4) is 34.4 Å². The van der Waals surface area contributed by atoms with Gasteiger partial charge < -0.3 is 14.4 Å². The van der Waals surface area contributed by atoms with Crippen molar-refractivity contribution in [2.24, 2.45) is 0 Å². The van der Waals surface area contributed by atoms with Crippen molar-refractivity contribution in [3.05, 3.63) is 217 Å². The Morgan fingerprint density at radius 3 is 1.17 bits per heavy atom. The van der Waals surface area contributed by atoms with E-state index in [0.717, 1.165) is 92.6 Å². The first-order chi connectivity index (χ1) is 32.4. The molecule has 12 rings (SSSR count). The van der Waals surface area contributed by atoms with Crippen LogP contribution in [0.2, 0.25) is 0 Å². The van der Waals surface area contributed by atoms with Gasteiger partial charge in [-0.25, -0.2) is 0 Å². The number of nitrogens with zero attached hydrogens (tertiary/aromatic N) is 5. The Morgan fingerprint density at radius 2 is 0.773 bits per heavy atom. The van der Waals surface area contributed by atoms with E-state index in [4.69, 9.17) is 0 Å². The van der Waals surface area contributed by atoms with Crippen LogP contribution in [0.3, 0.4) is 0 Å². The van der Waals surface area contributed by atoms with Crippen LogP contribution >= 0.6 is 23.5 Å². The largest absolute Gasteiger partial charge is 0.330 e. The summed E-state index contributed by atoms with van der Waals surface area (Å²) in [6, 6.07) is 75.5. The summed E-state index contributed by atoms with van der Waals surface area (Å²) in [5, 5.41) is 23.3. The summed E-state index contributed by atoms with van der Waals surface area (Å²) < 4.78 is 2.54. The number of hydrogen-bond acceptors (Lipinski definition) is 6. The van der Waals surface area contributed by atoms with Crippen molar-refractivity contribution in [2.45, 2.75) is 39.0 Å². The van der Waals surface area contributed by atoms with Crippen molar-refractivity contribution in [1.29, 1.82) is 10.5 Å². The maximum atomic E-state index is 10.5. The SMILES string of the molecule is CC(C)(c1c(N2c3ccccc3Sc3ccccc32)c(-c2cccc(C#N)c2)cc(-c2cccc(C#N)c2)c1N1c2ccccc2Sc2ccccc21)n1c2ccccc2c2ccccc21. The molecule has 0 saturated heterocycles. The van der Waals surface area contributed by atoms with E-state index in [1.165, 1.54) is 10.8 Å². The number of para-hydroxylation sites is 6. The van der Waals surface area contributed by atoms with Gasteiger partial charge >= 0.3 is 0 Å². The van der Waals surface area contributed by atoms with Crippen LogP contribution in [0.5, 0.6) is 0 Å². The molecule has 0 atom stereocenters. The van der Waals surface area contributed by atoms with Crippen molar-refractivity contribution in [1.82, 2.24) is 4.57 Å². The van der Waals surface area contributed by atoms with Crippen LogP contribution < -0.4 is 9.80 Å². The zero-order chi connectivity index (χ0) is 44.5. The fraction of sp³-hybridized carbons (Fsp3) is 0.0508. The summed E-state index contributed by atoms with van der Waals surface area (Å²) in [5.74, 6) is 0. The van der Waals surface area contributed by atoms with Crippen LogP contribution in [-0.4, -0.2) is 4.57 Å². The average molecular weight is 882 g/mol. The minimum Gasteiger partial charge on any atom is -0.330 e. The van der Waals surface area contributed by atoms with E-state index >= 15 is 0 Å². The molecule has 0 saturated carbocycles. The molecule has 2 aliphatic heterocycles. The molecule has 0 N–H and O–H groups in total. The molecule has 10 aromatic rings. The van der Waals surface area contributed by atoms with Crippen molar-refractivity contribution < 1.29 is 0 Å². The van der Waals surface area contributed by atoms with Gasteiger partial charge in [-0.05, 0) is 116 Å². The minimum absolute atomic E-state index is 0.574. The number of rotatable bonds is 6. The summed E-state index contributed by atoms with van der Waals surface area (Å²) in [5.41, 5.74) is 13.7. The highest BCUT2D eigenvalue weighted by Gasteiger charge is 2.42. The predicted molar refractivity (Wildman–Crippen MR) is 272 cm³/mol. The third-order valence-electron chi connectivity index (χ3n) is 12.9. The van der Waals surface area contributed by atoms with Gasteiger partial charge in [0.2, 0.25) is 0 Å². The quantitative estimate of drug-likeness (QED) is 0.166. The number of anilines is 6. The highest BCUT2D eigenvalue weighted by molar-refractivity contribution is 8.00. The Bertz CT molecular complexity index is 3380. The van der Waals surface area contributed by atoms with Crippen molar-refractivity contribution in [2.75, 3.05) is 9.80 Å². The summed E-state index contributed by atoms with van der Waals surface area (Å²) in [7, 11) is 0. The maximum absolute atomic E-state index is 10.5. The number of fused-ring (bicyclic) bond motifs is 7. The molecule has 0 radical (unpaired) electrons. The van der Waals surface area contributed by atoms with Gasteiger partial charge in [0.25, 0.3) is 0 Å². The van der Waals surface area contributed by atoms with Gasteiger partial charge in [-0.3, -0.25) is 0 Å². The molecule has 0 bridgehead atoms. The van der Waals surface area contributed by atoms with E-state index < -0.39 is 5.54 Å². The Morgan fingerprint density at radius 1 is 0.409 bits per heavy atom. The molecule has 1 aromatic heterocycles. The fourth-order valence-electron chi connectivity index (χ4n) is 10.2. The zero-order valence-electron chi connectivity index (χ0n) is 36.1. The van der Waals surface area contributed by atoms with Gasteiger partial charge in [0.15, 0.2) is 0 Å². The summed E-state index contributed by atoms with van der Waals surface area (Å²) in [6.07, 6.45) is 0. The molecule has 7 heteroatoms. The lowest BCUT2D eigenvalue weighted by molar-refractivity contribution is 0.466. The van der Waals surface area contributed by atoms with Crippen LogP contribution in [-0.2, 0) is 5.54 Å². The molecule has 312 valence electrons. The van der Waals surface area contributed by atoms with E-state index in [-0.39, 0.29) is 0 Å². The third-order valence-corrected chi connectivity index (χ3v) is 15.2. The first-order valence-electron chi connectivity index (χ1n) is 22.0. The minimum atomic E-state index is -0.819.